The minimum atomic E-state index is -0.171. The van der Waals surface area contributed by atoms with Crippen molar-refractivity contribution in [1.29, 1.82) is 0 Å². The van der Waals surface area contributed by atoms with Crippen molar-refractivity contribution in [2.24, 2.45) is 0 Å². The van der Waals surface area contributed by atoms with E-state index in [9.17, 15) is 4.79 Å². The van der Waals surface area contributed by atoms with E-state index in [1.807, 2.05) is 60.7 Å². The summed E-state index contributed by atoms with van der Waals surface area (Å²) in [7, 11) is 0. The summed E-state index contributed by atoms with van der Waals surface area (Å²) in [4.78, 5) is 12.1. The molecule has 0 fully saturated rings. The average Bonchev–Trinajstić information content (AvgIpc) is 2.48. The Morgan fingerprint density at radius 1 is 0.727 bits per heavy atom. The fourth-order valence-electron chi connectivity index (χ4n) is 2.46. The van der Waals surface area contributed by atoms with Crippen LogP contribution >= 0.6 is 23.2 Å². The zero-order valence-corrected chi connectivity index (χ0v) is 13.9. The summed E-state index contributed by atoms with van der Waals surface area (Å²) in [5.74, 6) is 0.131. The summed E-state index contributed by atoms with van der Waals surface area (Å²) in [5, 5.41) is -0.342. The van der Waals surface area contributed by atoms with Gasteiger partial charge >= 0.3 is 0 Å². The zero-order chi connectivity index (χ0) is 15.8. The number of ketones is 1. The highest BCUT2D eigenvalue weighted by Gasteiger charge is 2.16. The van der Waals surface area contributed by atoms with Gasteiger partial charge in [0.15, 0.2) is 0 Å². The molecule has 2 aromatic carbocycles. The summed E-state index contributed by atoms with van der Waals surface area (Å²) < 4.78 is 0. The van der Waals surface area contributed by atoms with Crippen molar-refractivity contribution < 1.29 is 4.79 Å². The van der Waals surface area contributed by atoms with Gasteiger partial charge in [0.05, 0.1) is 0 Å². The molecule has 2 unspecified atom stereocenters. The minimum Gasteiger partial charge on any atom is -0.300 e. The number of rotatable bonds is 8. The molecule has 0 amide bonds. The van der Waals surface area contributed by atoms with Gasteiger partial charge in [-0.2, -0.15) is 0 Å². The molecule has 0 bridgehead atoms. The van der Waals surface area contributed by atoms with Crippen LogP contribution in [0.25, 0.3) is 0 Å². The van der Waals surface area contributed by atoms with Crippen molar-refractivity contribution >= 4 is 29.0 Å². The fraction of sp³-hybridized carbons (Fsp3) is 0.316. The van der Waals surface area contributed by atoms with Crippen LogP contribution in [0.15, 0.2) is 60.7 Å². The molecule has 1 nitrogen and oxygen atoms in total. The Balaban J connectivity index is 1.75. The van der Waals surface area contributed by atoms with Crippen LogP contribution in [0.1, 0.15) is 24.0 Å². The van der Waals surface area contributed by atoms with Gasteiger partial charge in [0.1, 0.15) is 5.78 Å². The smallest absolute Gasteiger partial charge is 0.135 e. The van der Waals surface area contributed by atoms with Crippen LogP contribution < -0.4 is 0 Å². The van der Waals surface area contributed by atoms with Crippen molar-refractivity contribution in [3.8, 4) is 0 Å². The first-order valence-corrected chi connectivity index (χ1v) is 8.38. The first kappa shape index (κ1) is 17.1. The molecule has 3 heteroatoms. The van der Waals surface area contributed by atoms with Crippen LogP contribution in [0.5, 0.6) is 0 Å². The number of hydrogen-bond donors (Lipinski definition) is 0. The van der Waals surface area contributed by atoms with E-state index < -0.39 is 0 Å². The third-order valence-corrected chi connectivity index (χ3v) is 4.12. The Kier molecular flexibility index (Phi) is 6.95. The number of alkyl halides is 2. The lowest BCUT2D eigenvalue weighted by Gasteiger charge is -2.12. The van der Waals surface area contributed by atoms with E-state index >= 15 is 0 Å². The molecule has 0 aromatic heterocycles. The number of halogens is 2. The van der Waals surface area contributed by atoms with Crippen molar-refractivity contribution in [1.82, 2.24) is 0 Å². The number of carbonyl (C=O) groups excluding carboxylic acids is 1. The van der Waals surface area contributed by atoms with E-state index in [0.717, 1.165) is 11.1 Å². The van der Waals surface area contributed by atoms with Gasteiger partial charge in [0.25, 0.3) is 0 Å². The van der Waals surface area contributed by atoms with Crippen molar-refractivity contribution in [3.63, 3.8) is 0 Å². The number of hydrogen-bond acceptors (Lipinski definition) is 1. The molecule has 0 N–H and O–H groups in total. The third-order valence-electron chi connectivity index (χ3n) is 3.50. The van der Waals surface area contributed by atoms with Gasteiger partial charge in [-0.1, -0.05) is 60.7 Å². The Labute approximate surface area is 142 Å². The molecule has 0 spiro atoms. The lowest BCUT2D eigenvalue weighted by atomic mass is 10.0. The van der Waals surface area contributed by atoms with E-state index in [4.69, 9.17) is 23.2 Å². The van der Waals surface area contributed by atoms with E-state index in [0.29, 0.717) is 25.7 Å². The van der Waals surface area contributed by atoms with Gasteiger partial charge in [0, 0.05) is 23.6 Å². The molecule has 0 radical (unpaired) electrons. The summed E-state index contributed by atoms with van der Waals surface area (Å²) in [6.45, 7) is 0. The van der Waals surface area contributed by atoms with Gasteiger partial charge in [-0.3, -0.25) is 4.79 Å². The quantitative estimate of drug-likeness (QED) is 0.618. The van der Waals surface area contributed by atoms with Crippen LogP contribution in [0.3, 0.4) is 0 Å². The highest BCUT2D eigenvalue weighted by molar-refractivity contribution is 6.23. The molecule has 0 saturated heterocycles. The van der Waals surface area contributed by atoms with Crippen molar-refractivity contribution in [2.75, 3.05) is 0 Å². The molecule has 0 aliphatic carbocycles. The summed E-state index contributed by atoms with van der Waals surface area (Å²) in [6.07, 6.45) is 2.16. The topological polar surface area (TPSA) is 17.1 Å². The molecular formula is C19H20Cl2O. The number of Topliss-reactive ketones (excluding diaryl/α,β-unsaturated/α-hetero) is 1. The average molecular weight is 335 g/mol. The molecule has 116 valence electrons. The van der Waals surface area contributed by atoms with Gasteiger partial charge < -0.3 is 0 Å². The lowest BCUT2D eigenvalue weighted by Crippen LogP contribution is -2.16. The molecule has 2 rings (SSSR count). The Morgan fingerprint density at radius 2 is 1.09 bits per heavy atom. The van der Waals surface area contributed by atoms with Crippen molar-refractivity contribution in [3.05, 3.63) is 71.8 Å². The highest BCUT2D eigenvalue weighted by Crippen LogP contribution is 2.16. The third kappa shape index (κ3) is 6.21. The molecule has 0 heterocycles. The van der Waals surface area contributed by atoms with Crippen LogP contribution in [0.2, 0.25) is 0 Å². The maximum absolute atomic E-state index is 12.1. The maximum atomic E-state index is 12.1. The highest BCUT2D eigenvalue weighted by atomic mass is 35.5. The van der Waals surface area contributed by atoms with E-state index in [-0.39, 0.29) is 16.5 Å². The van der Waals surface area contributed by atoms with Crippen LogP contribution in [0, 0.1) is 0 Å². The minimum absolute atomic E-state index is 0.131. The lowest BCUT2D eigenvalue weighted by molar-refractivity contribution is -0.119. The first-order valence-electron chi connectivity index (χ1n) is 7.51. The normalized spacial score (nSPS) is 13.5. The first-order chi connectivity index (χ1) is 10.6. The Bertz CT molecular complexity index is 517. The molecule has 0 saturated carbocycles. The zero-order valence-electron chi connectivity index (χ0n) is 12.4. The van der Waals surface area contributed by atoms with Gasteiger partial charge in [0.2, 0.25) is 0 Å². The van der Waals surface area contributed by atoms with Gasteiger partial charge in [-0.15, -0.1) is 23.2 Å². The maximum Gasteiger partial charge on any atom is 0.135 e. The second kappa shape index (κ2) is 8.97. The molecule has 0 aliphatic heterocycles. The predicted octanol–water partition coefficient (Wildman–Crippen LogP) is 5.04. The number of benzene rings is 2. The van der Waals surface area contributed by atoms with Gasteiger partial charge in [-0.25, -0.2) is 0 Å². The standard InChI is InChI=1S/C19H20Cl2O/c20-17(11-15-7-3-1-4-8-15)13-19(22)14-18(21)12-16-9-5-2-6-10-16/h1-10,17-18H,11-14H2. The molecule has 22 heavy (non-hydrogen) atoms. The molecule has 2 atom stereocenters. The van der Waals surface area contributed by atoms with E-state index in [1.165, 1.54) is 0 Å². The fourth-order valence-corrected chi connectivity index (χ4v) is 3.16. The summed E-state index contributed by atoms with van der Waals surface area (Å²) in [5.41, 5.74) is 2.31. The molecule has 2 aromatic rings. The molecule has 0 aliphatic rings. The monoisotopic (exact) mass is 334 g/mol. The van der Waals surface area contributed by atoms with Crippen molar-refractivity contribution in [2.45, 2.75) is 36.4 Å². The Morgan fingerprint density at radius 3 is 1.45 bits per heavy atom. The second-order valence-electron chi connectivity index (χ2n) is 5.52. The summed E-state index contributed by atoms with van der Waals surface area (Å²) in [6, 6.07) is 20.0. The van der Waals surface area contributed by atoms with Crippen LogP contribution in [-0.2, 0) is 17.6 Å². The second-order valence-corrected chi connectivity index (χ2v) is 6.76. The number of carbonyl (C=O) groups is 1. The molecular weight excluding hydrogens is 315 g/mol. The van der Waals surface area contributed by atoms with Gasteiger partial charge in [-0.05, 0) is 24.0 Å². The van der Waals surface area contributed by atoms with Crippen LogP contribution in [0.4, 0.5) is 0 Å². The van der Waals surface area contributed by atoms with E-state index in [2.05, 4.69) is 0 Å². The summed E-state index contributed by atoms with van der Waals surface area (Å²) >= 11 is 12.6. The largest absolute Gasteiger partial charge is 0.300 e. The predicted molar refractivity (Wildman–Crippen MR) is 93.8 cm³/mol. The van der Waals surface area contributed by atoms with Crippen LogP contribution in [-0.4, -0.2) is 16.5 Å². The van der Waals surface area contributed by atoms with E-state index in [1.54, 1.807) is 0 Å². The Hall–Kier alpha value is -1.31. The SMILES string of the molecule is O=C(CC(Cl)Cc1ccccc1)CC(Cl)Cc1ccccc1.